The number of alkyl halides is 1. The molecule has 0 aliphatic heterocycles. The molecule has 0 aromatic heterocycles. The summed E-state index contributed by atoms with van der Waals surface area (Å²) in [7, 11) is 0. The number of rotatable bonds is 3. The largest absolute Gasteiger partial charge is 0.122 e. The Morgan fingerprint density at radius 3 is 1.88 bits per heavy atom. The van der Waals surface area contributed by atoms with Gasteiger partial charge >= 0.3 is 0 Å². The van der Waals surface area contributed by atoms with Crippen LogP contribution >= 0.6 is 46.0 Å². The van der Waals surface area contributed by atoms with E-state index < -0.39 is 0 Å². The second kappa shape index (κ2) is 5.94. The van der Waals surface area contributed by atoms with E-state index in [-0.39, 0.29) is 0 Å². The molecular weight excluding hydrogens is 351 g/mol. The van der Waals surface area contributed by atoms with Crippen molar-refractivity contribution in [1.29, 1.82) is 0 Å². The van der Waals surface area contributed by atoms with Crippen molar-refractivity contribution in [3.05, 3.63) is 57.7 Å². The van der Waals surface area contributed by atoms with Crippen molar-refractivity contribution in [3.8, 4) is 0 Å². The fraction of sp³-hybridized carbons (Fsp3) is 0.0769. The molecule has 16 heavy (non-hydrogen) atoms. The Morgan fingerprint density at radius 1 is 0.875 bits per heavy atom. The summed E-state index contributed by atoms with van der Waals surface area (Å²) in [4.78, 5) is 2.51. The van der Waals surface area contributed by atoms with Gasteiger partial charge in [0.05, 0.1) is 0 Å². The summed E-state index contributed by atoms with van der Waals surface area (Å²) in [5.41, 5.74) is 1.16. The number of hydrogen-bond donors (Lipinski definition) is 0. The molecule has 2 aromatic carbocycles. The van der Waals surface area contributed by atoms with Crippen molar-refractivity contribution in [1.82, 2.24) is 0 Å². The van der Waals surface area contributed by atoms with Crippen molar-refractivity contribution in [2.24, 2.45) is 0 Å². The maximum atomic E-state index is 5.75. The highest BCUT2D eigenvalue weighted by molar-refractivity contribution is 14.1. The van der Waals surface area contributed by atoms with Crippen molar-refractivity contribution in [2.75, 3.05) is 0 Å². The predicted molar refractivity (Wildman–Crippen MR) is 79.3 cm³/mol. The zero-order chi connectivity index (χ0) is 11.4. The summed E-state index contributed by atoms with van der Waals surface area (Å²) in [5, 5.41) is 0. The Morgan fingerprint density at radius 2 is 1.38 bits per heavy atom. The van der Waals surface area contributed by atoms with Gasteiger partial charge in [-0.25, -0.2) is 0 Å². The highest BCUT2D eigenvalue weighted by Gasteiger charge is 1.97. The third-order valence-corrected chi connectivity index (χ3v) is 4.17. The molecule has 0 radical (unpaired) electrons. The van der Waals surface area contributed by atoms with Crippen LogP contribution in [0.25, 0.3) is 0 Å². The van der Waals surface area contributed by atoms with Crippen LogP contribution in [0, 0.1) is 3.57 Å². The van der Waals surface area contributed by atoms with E-state index in [0.717, 1.165) is 5.56 Å². The second-order valence-electron chi connectivity index (χ2n) is 3.33. The van der Waals surface area contributed by atoms with Gasteiger partial charge in [-0.15, -0.1) is 11.6 Å². The average Bonchev–Trinajstić information content (AvgIpc) is 2.33. The minimum atomic E-state index is 0.578. The van der Waals surface area contributed by atoms with Crippen molar-refractivity contribution >= 4 is 46.0 Å². The zero-order valence-corrected chi connectivity index (χ0v) is 12.2. The van der Waals surface area contributed by atoms with Crippen molar-refractivity contribution in [3.63, 3.8) is 0 Å². The molecule has 0 amide bonds. The Hall–Kier alpha value is -0.190. The van der Waals surface area contributed by atoms with Crippen LogP contribution in [0.4, 0.5) is 0 Å². The van der Waals surface area contributed by atoms with Gasteiger partial charge in [-0.05, 0) is 64.6 Å². The lowest BCUT2D eigenvalue weighted by Crippen LogP contribution is -1.78. The normalized spacial score (nSPS) is 10.4. The monoisotopic (exact) mass is 360 g/mol. The lowest BCUT2D eigenvalue weighted by atomic mass is 10.2. The molecule has 0 nitrogen and oxygen atoms in total. The molecule has 0 heterocycles. The van der Waals surface area contributed by atoms with Crippen LogP contribution in [-0.2, 0) is 5.88 Å². The van der Waals surface area contributed by atoms with Crippen LogP contribution in [0.15, 0.2) is 58.3 Å². The summed E-state index contributed by atoms with van der Waals surface area (Å²) < 4.78 is 1.26. The van der Waals surface area contributed by atoms with Gasteiger partial charge in [0.1, 0.15) is 0 Å². The summed E-state index contributed by atoms with van der Waals surface area (Å²) in [6, 6.07) is 16.9. The first-order valence-electron chi connectivity index (χ1n) is 4.86. The van der Waals surface area contributed by atoms with Gasteiger partial charge < -0.3 is 0 Å². The van der Waals surface area contributed by atoms with Crippen molar-refractivity contribution in [2.45, 2.75) is 15.7 Å². The summed E-state index contributed by atoms with van der Waals surface area (Å²) in [6.45, 7) is 0. The fourth-order valence-electron chi connectivity index (χ4n) is 1.29. The van der Waals surface area contributed by atoms with Crippen LogP contribution in [0.1, 0.15) is 5.56 Å². The topological polar surface area (TPSA) is 0 Å². The Bertz CT molecular complexity index is 450. The Kier molecular flexibility index (Phi) is 4.55. The second-order valence-corrected chi connectivity index (χ2v) is 5.99. The van der Waals surface area contributed by atoms with Crippen LogP contribution in [0.5, 0.6) is 0 Å². The SMILES string of the molecule is ClCc1ccc(Sc2ccc(I)cc2)cc1. The molecule has 0 bridgehead atoms. The molecule has 0 fully saturated rings. The molecule has 0 saturated heterocycles. The maximum Gasteiger partial charge on any atom is 0.0474 e. The summed E-state index contributed by atoms with van der Waals surface area (Å²) >= 11 is 9.83. The first kappa shape index (κ1) is 12.3. The van der Waals surface area contributed by atoms with Crippen LogP contribution in [-0.4, -0.2) is 0 Å². The molecule has 3 heteroatoms. The molecule has 0 unspecified atom stereocenters. The average molecular weight is 361 g/mol. The molecule has 0 spiro atoms. The first-order chi connectivity index (χ1) is 7.78. The van der Waals surface area contributed by atoms with E-state index >= 15 is 0 Å². The summed E-state index contributed by atoms with van der Waals surface area (Å²) in [5.74, 6) is 0.578. The predicted octanol–water partition coefficient (Wildman–Crippen LogP) is 5.18. The number of hydrogen-bond acceptors (Lipinski definition) is 1. The standard InChI is InChI=1S/C13H10ClIS/c14-9-10-1-5-12(6-2-10)16-13-7-3-11(15)4-8-13/h1-8H,9H2. The van der Waals surface area contributed by atoms with Crippen LogP contribution in [0.3, 0.4) is 0 Å². The third kappa shape index (κ3) is 3.40. The van der Waals surface area contributed by atoms with E-state index in [1.54, 1.807) is 11.8 Å². The molecule has 2 aromatic rings. The van der Waals surface area contributed by atoms with Gasteiger partial charge in [0, 0.05) is 19.2 Å². The van der Waals surface area contributed by atoms with Crippen LogP contribution in [0.2, 0.25) is 0 Å². The number of halogens is 2. The molecule has 82 valence electrons. The van der Waals surface area contributed by atoms with E-state index in [2.05, 4.69) is 71.1 Å². The molecular formula is C13H10ClIS. The van der Waals surface area contributed by atoms with Gasteiger partial charge in [0.15, 0.2) is 0 Å². The van der Waals surface area contributed by atoms with E-state index in [1.165, 1.54) is 13.4 Å². The van der Waals surface area contributed by atoms with E-state index in [0.29, 0.717) is 5.88 Å². The van der Waals surface area contributed by atoms with Crippen LogP contribution < -0.4 is 0 Å². The molecule has 0 atom stereocenters. The Balaban J connectivity index is 2.11. The van der Waals surface area contributed by atoms with Crippen molar-refractivity contribution < 1.29 is 0 Å². The highest BCUT2D eigenvalue weighted by atomic mass is 127. The van der Waals surface area contributed by atoms with Gasteiger partial charge in [-0.2, -0.15) is 0 Å². The smallest absolute Gasteiger partial charge is 0.0474 e. The minimum Gasteiger partial charge on any atom is -0.122 e. The molecule has 0 aliphatic rings. The Labute approximate surface area is 119 Å². The van der Waals surface area contributed by atoms with Gasteiger partial charge in [-0.3, -0.25) is 0 Å². The lowest BCUT2D eigenvalue weighted by Gasteiger charge is -2.02. The maximum absolute atomic E-state index is 5.75. The minimum absolute atomic E-state index is 0.578. The molecule has 0 saturated carbocycles. The summed E-state index contributed by atoms with van der Waals surface area (Å²) in [6.07, 6.45) is 0. The zero-order valence-electron chi connectivity index (χ0n) is 8.49. The third-order valence-electron chi connectivity index (χ3n) is 2.13. The quantitative estimate of drug-likeness (QED) is 0.537. The fourth-order valence-corrected chi connectivity index (χ4v) is 2.64. The lowest BCUT2D eigenvalue weighted by molar-refractivity contribution is 1.33. The highest BCUT2D eigenvalue weighted by Crippen LogP contribution is 2.28. The van der Waals surface area contributed by atoms with Gasteiger partial charge in [0.25, 0.3) is 0 Å². The van der Waals surface area contributed by atoms with E-state index in [4.69, 9.17) is 11.6 Å². The van der Waals surface area contributed by atoms with E-state index in [1.807, 2.05) is 0 Å². The molecule has 2 rings (SSSR count). The van der Waals surface area contributed by atoms with Gasteiger partial charge in [-0.1, -0.05) is 23.9 Å². The first-order valence-corrected chi connectivity index (χ1v) is 7.29. The van der Waals surface area contributed by atoms with E-state index in [9.17, 15) is 0 Å². The molecule has 0 N–H and O–H groups in total. The van der Waals surface area contributed by atoms with Gasteiger partial charge in [0.2, 0.25) is 0 Å². The molecule has 0 aliphatic carbocycles. The number of benzene rings is 2.